The van der Waals surface area contributed by atoms with E-state index >= 15 is 0 Å². The van der Waals surface area contributed by atoms with Crippen molar-refractivity contribution in [3.63, 3.8) is 0 Å². The van der Waals surface area contributed by atoms with Gasteiger partial charge in [0.05, 0.1) is 4.90 Å². The summed E-state index contributed by atoms with van der Waals surface area (Å²) in [5.74, 6) is 1.08. The first-order valence-corrected chi connectivity index (χ1v) is 8.20. The third-order valence-corrected chi connectivity index (χ3v) is 4.93. The molecular formula is C14H17NO4S. The summed E-state index contributed by atoms with van der Waals surface area (Å²) in [5, 5.41) is 0. The molecular weight excluding hydrogens is 278 g/mol. The maximum absolute atomic E-state index is 12.4. The number of sulfonamides is 1. The van der Waals surface area contributed by atoms with E-state index in [1.807, 2.05) is 6.08 Å². The van der Waals surface area contributed by atoms with Gasteiger partial charge in [-0.25, -0.2) is 13.1 Å². The van der Waals surface area contributed by atoms with Crippen LogP contribution >= 0.6 is 0 Å². The van der Waals surface area contributed by atoms with E-state index in [1.165, 1.54) is 6.07 Å². The van der Waals surface area contributed by atoms with Crippen molar-refractivity contribution in [2.24, 2.45) is 0 Å². The summed E-state index contributed by atoms with van der Waals surface area (Å²) in [6.45, 7) is 0.934. The first-order valence-electron chi connectivity index (χ1n) is 6.72. The average molecular weight is 295 g/mol. The molecule has 3 rings (SSSR count). The lowest BCUT2D eigenvalue weighted by Gasteiger charge is -2.21. The summed E-state index contributed by atoms with van der Waals surface area (Å²) >= 11 is 0. The minimum atomic E-state index is -3.51. The van der Waals surface area contributed by atoms with Gasteiger partial charge in [0.25, 0.3) is 0 Å². The number of ether oxygens (including phenoxy) is 2. The van der Waals surface area contributed by atoms with Crippen molar-refractivity contribution in [3.8, 4) is 11.5 Å². The van der Waals surface area contributed by atoms with Gasteiger partial charge < -0.3 is 9.47 Å². The van der Waals surface area contributed by atoms with E-state index in [0.717, 1.165) is 19.3 Å². The van der Waals surface area contributed by atoms with E-state index in [2.05, 4.69) is 10.8 Å². The summed E-state index contributed by atoms with van der Waals surface area (Å²) in [6.07, 6.45) is 6.58. The van der Waals surface area contributed by atoms with Crippen LogP contribution in [0, 0.1) is 0 Å². The van der Waals surface area contributed by atoms with Crippen LogP contribution in [-0.4, -0.2) is 27.7 Å². The van der Waals surface area contributed by atoms with Crippen LogP contribution < -0.4 is 14.2 Å². The zero-order valence-electron chi connectivity index (χ0n) is 11.0. The van der Waals surface area contributed by atoms with E-state index < -0.39 is 10.0 Å². The molecule has 0 saturated carbocycles. The summed E-state index contributed by atoms with van der Waals surface area (Å²) in [5.41, 5.74) is 0. The zero-order chi connectivity index (χ0) is 14.0. The Hall–Kier alpha value is -1.53. The number of benzene rings is 1. The molecule has 0 unspecified atom stereocenters. The summed E-state index contributed by atoms with van der Waals surface area (Å²) in [6, 6.07) is 4.69. The van der Waals surface area contributed by atoms with E-state index in [-0.39, 0.29) is 10.9 Å². The molecule has 20 heavy (non-hydrogen) atoms. The van der Waals surface area contributed by atoms with E-state index in [4.69, 9.17) is 9.47 Å². The van der Waals surface area contributed by atoms with Crippen LogP contribution in [0.5, 0.6) is 11.5 Å². The molecule has 1 N–H and O–H groups in total. The largest absolute Gasteiger partial charge is 0.486 e. The highest BCUT2D eigenvalue weighted by molar-refractivity contribution is 7.89. The minimum absolute atomic E-state index is 0.0294. The van der Waals surface area contributed by atoms with Gasteiger partial charge in [0, 0.05) is 12.1 Å². The molecule has 0 aromatic heterocycles. The maximum Gasteiger partial charge on any atom is 0.240 e. The van der Waals surface area contributed by atoms with Gasteiger partial charge in [-0.2, -0.15) is 0 Å². The normalized spacial score (nSPS) is 21.7. The van der Waals surface area contributed by atoms with Crippen molar-refractivity contribution in [2.45, 2.75) is 30.2 Å². The molecule has 0 radical (unpaired) electrons. The number of allylic oxidation sites excluding steroid dienone is 1. The van der Waals surface area contributed by atoms with Crippen molar-refractivity contribution < 1.29 is 17.9 Å². The van der Waals surface area contributed by atoms with E-state index in [0.29, 0.717) is 24.7 Å². The van der Waals surface area contributed by atoms with Crippen LogP contribution in [0.15, 0.2) is 35.2 Å². The van der Waals surface area contributed by atoms with Crippen LogP contribution in [0.25, 0.3) is 0 Å². The summed E-state index contributed by atoms with van der Waals surface area (Å²) < 4.78 is 38.3. The number of nitrogens with one attached hydrogen (secondary N) is 1. The Balaban J connectivity index is 1.81. The van der Waals surface area contributed by atoms with Crippen molar-refractivity contribution in [1.29, 1.82) is 0 Å². The third-order valence-electron chi connectivity index (χ3n) is 3.41. The first kappa shape index (κ1) is 13.5. The maximum atomic E-state index is 12.4. The molecule has 1 aromatic rings. The standard InChI is InChI=1S/C14H17NO4S/c16-20(17,15-11-4-2-1-3-5-11)12-6-7-13-14(10-12)19-9-8-18-13/h1-2,6-7,10-11,15H,3-5,8-9H2/t11-/m0/s1. The van der Waals surface area contributed by atoms with Crippen molar-refractivity contribution in [3.05, 3.63) is 30.4 Å². The molecule has 2 aliphatic rings. The molecule has 1 heterocycles. The molecule has 0 amide bonds. The van der Waals surface area contributed by atoms with Crippen LogP contribution in [0.3, 0.4) is 0 Å². The smallest absolute Gasteiger partial charge is 0.240 e. The molecule has 6 heteroatoms. The van der Waals surface area contributed by atoms with Crippen LogP contribution in [0.1, 0.15) is 19.3 Å². The van der Waals surface area contributed by atoms with E-state index in [1.54, 1.807) is 12.1 Å². The van der Waals surface area contributed by atoms with Crippen molar-refractivity contribution in [1.82, 2.24) is 4.72 Å². The van der Waals surface area contributed by atoms with Gasteiger partial charge in [0.15, 0.2) is 11.5 Å². The lowest BCUT2D eigenvalue weighted by atomic mass is 10.0. The Bertz CT molecular complexity index is 624. The summed E-state index contributed by atoms with van der Waals surface area (Å²) in [7, 11) is -3.51. The molecule has 0 spiro atoms. The molecule has 0 fully saturated rings. The molecule has 1 aromatic carbocycles. The summed E-state index contributed by atoms with van der Waals surface area (Å²) in [4.78, 5) is 0.219. The van der Waals surface area contributed by atoms with Crippen molar-refractivity contribution >= 4 is 10.0 Å². The lowest BCUT2D eigenvalue weighted by Crippen LogP contribution is -2.35. The number of hydrogen-bond acceptors (Lipinski definition) is 4. The number of hydrogen-bond donors (Lipinski definition) is 1. The van der Waals surface area contributed by atoms with Gasteiger partial charge in [0.2, 0.25) is 10.0 Å². The zero-order valence-corrected chi connectivity index (χ0v) is 11.9. The highest BCUT2D eigenvalue weighted by atomic mass is 32.2. The predicted molar refractivity (Wildman–Crippen MR) is 74.5 cm³/mol. The molecule has 0 saturated heterocycles. The number of fused-ring (bicyclic) bond motifs is 1. The van der Waals surface area contributed by atoms with Crippen molar-refractivity contribution in [2.75, 3.05) is 13.2 Å². The second-order valence-corrected chi connectivity index (χ2v) is 6.62. The van der Waals surface area contributed by atoms with Crippen LogP contribution in [0.4, 0.5) is 0 Å². The second kappa shape index (κ2) is 5.46. The monoisotopic (exact) mass is 295 g/mol. The van der Waals surface area contributed by atoms with Gasteiger partial charge in [-0.15, -0.1) is 0 Å². The first-order chi connectivity index (χ1) is 9.65. The molecule has 1 aliphatic heterocycles. The molecule has 1 aliphatic carbocycles. The van der Waals surface area contributed by atoms with Gasteiger partial charge >= 0.3 is 0 Å². The van der Waals surface area contributed by atoms with Gasteiger partial charge in [-0.1, -0.05) is 12.2 Å². The predicted octanol–water partition coefficient (Wildman–Crippen LogP) is 1.84. The Morgan fingerprint density at radius 1 is 1.10 bits per heavy atom. The molecule has 1 atom stereocenters. The van der Waals surface area contributed by atoms with Gasteiger partial charge in [0.1, 0.15) is 13.2 Å². The molecule has 0 bridgehead atoms. The fourth-order valence-corrected chi connectivity index (χ4v) is 3.68. The molecule has 108 valence electrons. The van der Waals surface area contributed by atoms with Crippen LogP contribution in [0.2, 0.25) is 0 Å². The fourth-order valence-electron chi connectivity index (χ4n) is 2.38. The Kier molecular flexibility index (Phi) is 3.67. The second-order valence-electron chi connectivity index (χ2n) is 4.91. The van der Waals surface area contributed by atoms with Gasteiger partial charge in [-0.05, 0) is 31.4 Å². The minimum Gasteiger partial charge on any atom is -0.486 e. The lowest BCUT2D eigenvalue weighted by molar-refractivity contribution is 0.171. The molecule has 5 nitrogen and oxygen atoms in total. The highest BCUT2D eigenvalue weighted by Gasteiger charge is 2.22. The highest BCUT2D eigenvalue weighted by Crippen LogP contribution is 2.32. The third kappa shape index (κ3) is 2.81. The quantitative estimate of drug-likeness (QED) is 0.864. The van der Waals surface area contributed by atoms with Crippen LogP contribution in [-0.2, 0) is 10.0 Å². The fraction of sp³-hybridized carbons (Fsp3) is 0.429. The Morgan fingerprint density at radius 3 is 2.65 bits per heavy atom. The average Bonchev–Trinajstić information content (AvgIpc) is 2.47. The van der Waals surface area contributed by atoms with E-state index in [9.17, 15) is 8.42 Å². The SMILES string of the molecule is O=S(=O)(N[C@H]1CC=CCC1)c1ccc2c(c1)OCCO2. The Labute approximate surface area is 118 Å². The number of rotatable bonds is 3. The van der Waals surface area contributed by atoms with Gasteiger partial charge in [-0.3, -0.25) is 0 Å². The Morgan fingerprint density at radius 2 is 1.90 bits per heavy atom. The topological polar surface area (TPSA) is 64.6 Å².